The Kier molecular flexibility index (Phi) is 7.25. The van der Waals surface area contributed by atoms with E-state index in [-0.39, 0.29) is 17.7 Å². The Labute approximate surface area is 149 Å². The zero-order valence-electron chi connectivity index (χ0n) is 15.2. The van der Waals surface area contributed by atoms with Crippen molar-refractivity contribution in [2.45, 2.75) is 39.2 Å². The molecule has 2 atom stereocenters. The van der Waals surface area contributed by atoms with Gasteiger partial charge in [-0.2, -0.15) is 0 Å². The van der Waals surface area contributed by atoms with Gasteiger partial charge >= 0.3 is 0 Å². The molecule has 0 spiro atoms. The van der Waals surface area contributed by atoms with Crippen molar-refractivity contribution >= 4 is 11.8 Å². The lowest BCUT2D eigenvalue weighted by atomic mass is 9.96. The summed E-state index contributed by atoms with van der Waals surface area (Å²) in [6, 6.07) is 7.70. The van der Waals surface area contributed by atoms with Crippen molar-refractivity contribution in [3.05, 3.63) is 29.8 Å². The number of hydrogen-bond donors (Lipinski definition) is 2. The predicted molar refractivity (Wildman–Crippen MR) is 97.3 cm³/mol. The van der Waals surface area contributed by atoms with Crippen LogP contribution < -0.4 is 15.8 Å². The maximum atomic E-state index is 12.9. The highest BCUT2D eigenvalue weighted by Gasteiger charge is 2.32. The van der Waals surface area contributed by atoms with Gasteiger partial charge < -0.3 is 20.7 Å². The number of aryl methyl sites for hydroxylation is 1. The summed E-state index contributed by atoms with van der Waals surface area (Å²) >= 11 is 0. The fourth-order valence-corrected chi connectivity index (χ4v) is 3.10. The summed E-state index contributed by atoms with van der Waals surface area (Å²) in [4.78, 5) is 26.8. The van der Waals surface area contributed by atoms with E-state index in [2.05, 4.69) is 5.32 Å². The zero-order chi connectivity index (χ0) is 18.2. The van der Waals surface area contributed by atoms with Crippen LogP contribution in [0.4, 0.5) is 0 Å². The summed E-state index contributed by atoms with van der Waals surface area (Å²) in [5.74, 6) is 0.478. The van der Waals surface area contributed by atoms with Crippen LogP contribution in [0.2, 0.25) is 0 Å². The summed E-state index contributed by atoms with van der Waals surface area (Å²) in [6.07, 6.45) is 1.70. The Bertz CT molecular complexity index is 591. The molecular weight excluding hydrogens is 318 g/mol. The summed E-state index contributed by atoms with van der Waals surface area (Å²) in [6.45, 7) is 5.94. The highest BCUT2D eigenvalue weighted by atomic mass is 16.5. The van der Waals surface area contributed by atoms with E-state index in [0.29, 0.717) is 38.3 Å². The Morgan fingerprint density at radius 1 is 1.44 bits per heavy atom. The third kappa shape index (κ3) is 5.46. The van der Waals surface area contributed by atoms with Gasteiger partial charge in [0.05, 0.1) is 5.92 Å². The predicted octanol–water partition coefficient (Wildman–Crippen LogP) is 1.47. The standard InChI is InChI=1S/C19H29N3O3/c1-3-17(25-16-8-4-6-14(2)12-16)19(24)22-11-5-7-15(13-22)18(23)21-10-9-20/h4,6,8,12,15,17H,3,5,7,9-11,13,20H2,1-2H3,(H,21,23). The minimum Gasteiger partial charge on any atom is -0.481 e. The van der Waals surface area contributed by atoms with Crippen molar-refractivity contribution in [2.75, 3.05) is 26.2 Å². The van der Waals surface area contributed by atoms with Gasteiger partial charge in [-0.05, 0) is 43.9 Å². The average molecular weight is 347 g/mol. The number of nitrogens with one attached hydrogen (secondary N) is 1. The first kappa shape index (κ1) is 19.2. The van der Waals surface area contributed by atoms with Gasteiger partial charge in [0.15, 0.2) is 6.10 Å². The molecule has 0 aliphatic carbocycles. The van der Waals surface area contributed by atoms with Gasteiger partial charge in [0, 0.05) is 26.2 Å². The molecule has 1 fully saturated rings. The number of rotatable bonds is 7. The second-order valence-corrected chi connectivity index (χ2v) is 6.53. The van der Waals surface area contributed by atoms with Crippen molar-refractivity contribution in [3.63, 3.8) is 0 Å². The lowest BCUT2D eigenvalue weighted by Crippen LogP contribution is -2.50. The molecule has 2 rings (SSSR count). The van der Waals surface area contributed by atoms with Crippen LogP contribution in [-0.4, -0.2) is 49.0 Å². The molecule has 2 amide bonds. The van der Waals surface area contributed by atoms with Crippen molar-refractivity contribution in [1.29, 1.82) is 0 Å². The molecule has 1 heterocycles. The van der Waals surface area contributed by atoms with Crippen LogP contribution in [-0.2, 0) is 9.59 Å². The number of amides is 2. The van der Waals surface area contributed by atoms with Gasteiger partial charge in [-0.25, -0.2) is 0 Å². The third-order valence-corrected chi connectivity index (χ3v) is 4.46. The molecule has 1 aliphatic heterocycles. The molecule has 1 aromatic carbocycles. The normalized spacial score (nSPS) is 18.5. The highest BCUT2D eigenvalue weighted by Crippen LogP contribution is 2.21. The van der Waals surface area contributed by atoms with Crippen molar-refractivity contribution in [1.82, 2.24) is 10.2 Å². The minimum atomic E-state index is -0.521. The monoisotopic (exact) mass is 347 g/mol. The third-order valence-electron chi connectivity index (χ3n) is 4.46. The second-order valence-electron chi connectivity index (χ2n) is 6.53. The van der Waals surface area contributed by atoms with E-state index in [9.17, 15) is 9.59 Å². The minimum absolute atomic E-state index is 0.0180. The smallest absolute Gasteiger partial charge is 0.263 e. The number of carbonyl (C=O) groups is 2. The molecule has 6 heteroatoms. The lowest BCUT2D eigenvalue weighted by molar-refractivity contribution is -0.142. The van der Waals surface area contributed by atoms with Crippen molar-refractivity contribution < 1.29 is 14.3 Å². The first-order chi connectivity index (χ1) is 12.0. The number of benzene rings is 1. The molecule has 6 nitrogen and oxygen atoms in total. The number of piperidine rings is 1. The van der Waals surface area contributed by atoms with Crippen LogP contribution in [0.15, 0.2) is 24.3 Å². The Balaban J connectivity index is 1.97. The maximum Gasteiger partial charge on any atom is 0.263 e. The van der Waals surface area contributed by atoms with Crippen LogP contribution in [0.5, 0.6) is 5.75 Å². The molecule has 1 aliphatic rings. The number of likely N-dealkylation sites (tertiary alicyclic amines) is 1. The Hall–Kier alpha value is -2.08. The zero-order valence-corrected chi connectivity index (χ0v) is 15.2. The molecule has 0 aromatic heterocycles. The fraction of sp³-hybridized carbons (Fsp3) is 0.579. The van der Waals surface area contributed by atoms with Crippen LogP contribution >= 0.6 is 0 Å². The summed E-state index contributed by atoms with van der Waals surface area (Å²) in [7, 11) is 0. The van der Waals surface area contributed by atoms with E-state index in [0.717, 1.165) is 18.4 Å². The molecule has 0 radical (unpaired) electrons. The van der Waals surface area contributed by atoms with Gasteiger partial charge in [0.2, 0.25) is 5.91 Å². The number of carbonyl (C=O) groups excluding carboxylic acids is 2. The second kappa shape index (κ2) is 9.42. The number of ether oxygens (including phenoxy) is 1. The molecule has 2 unspecified atom stereocenters. The molecule has 25 heavy (non-hydrogen) atoms. The van der Waals surface area contributed by atoms with E-state index in [4.69, 9.17) is 10.5 Å². The topological polar surface area (TPSA) is 84.7 Å². The van der Waals surface area contributed by atoms with E-state index >= 15 is 0 Å². The van der Waals surface area contributed by atoms with Crippen LogP contribution in [0.1, 0.15) is 31.7 Å². The fourth-order valence-electron chi connectivity index (χ4n) is 3.10. The Morgan fingerprint density at radius 3 is 2.92 bits per heavy atom. The van der Waals surface area contributed by atoms with Crippen LogP contribution in [0, 0.1) is 12.8 Å². The quantitative estimate of drug-likeness (QED) is 0.782. The number of hydrogen-bond acceptors (Lipinski definition) is 4. The van der Waals surface area contributed by atoms with E-state index < -0.39 is 6.10 Å². The average Bonchev–Trinajstić information content (AvgIpc) is 2.63. The Morgan fingerprint density at radius 2 is 2.24 bits per heavy atom. The van der Waals surface area contributed by atoms with Gasteiger partial charge in [0.25, 0.3) is 5.91 Å². The maximum absolute atomic E-state index is 12.9. The largest absolute Gasteiger partial charge is 0.481 e. The molecule has 0 bridgehead atoms. The lowest BCUT2D eigenvalue weighted by Gasteiger charge is -2.34. The number of nitrogens with zero attached hydrogens (tertiary/aromatic N) is 1. The molecule has 3 N–H and O–H groups in total. The number of nitrogens with two attached hydrogens (primary N) is 1. The van der Waals surface area contributed by atoms with E-state index in [1.165, 1.54) is 0 Å². The van der Waals surface area contributed by atoms with E-state index in [1.54, 1.807) is 4.90 Å². The highest BCUT2D eigenvalue weighted by molar-refractivity contribution is 5.83. The summed E-state index contributed by atoms with van der Waals surface area (Å²) in [5, 5.41) is 2.82. The van der Waals surface area contributed by atoms with E-state index in [1.807, 2.05) is 38.1 Å². The first-order valence-corrected chi connectivity index (χ1v) is 9.05. The molecule has 138 valence electrons. The summed E-state index contributed by atoms with van der Waals surface area (Å²) in [5.41, 5.74) is 6.52. The van der Waals surface area contributed by atoms with Gasteiger partial charge in [-0.15, -0.1) is 0 Å². The molecule has 1 saturated heterocycles. The van der Waals surface area contributed by atoms with Gasteiger partial charge in [-0.3, -0.25) is 9.59 Å². The van der Waals surface area contributed by atoms with Gasteiger partial charge in [-0.1, -0.05) is 19.1 Å². The van der Waals surface area contributed by atoms with Gasteiger partial charge in [0.1, 0.15) is 5.75 Å². The first-order valence-electron chi connectivity index (χ1n) is 9.05. The molecule has 0 saturated carbocycles. The summed E-state index contributed by atoms with van der Waals surface area (Å²) < 4.78 is 5.91. The van der Waals surface area contributed by atoms with Crippen LogP contribution in [0.25, 0.3) is 0 Å². The SMILES string of the molecule is CCC(Oc1cccc(C)c1)C(=O)N1CCCC(C(=O)NCCN)C1. The van der Waals surface area contributed by atoms with Crippen molar-refractivity contribution in [2.24, 2.45) is 11.7 Å². The van der Waals surface area contributed by atoms with Crippen molar-refractivity contribution in [3.8, 4) is 5.75 Å². The molecular formula is C19H29N3O3. The molecule has 1 aromatic rings. The van der Waals surface area contributed by atoms with Crippen LogP contribution in [0.3, 0.4) is 0 Å².